The predicted octanol–water partition coefficient (Wildman–Crippen LogP) is 1.75. The number of halogens is 1. The van der Waals surface area contributed by atoms with Crippen molar-refractivity contribution >= 4 is 17.8 Å². The molecule has 0 spiro atoms. The standard InChI is InChI=1S/C9H6FNO4/c1-5(13)9-6(4-12)2-7(11(14)15)3-8(9)10/h2-4H,1H3. The first-order valence-electron chi connectivity index (χ1n) is 3.91. The van der Waals surface area contributed by atoms with E-state index in [1.807, 2.05) is 0 Å². The fourth-order valence-corrected chi connectivity index (χ4v) is 1.18. The van der Waals surface area contributed by atoms with Crippen LogP contribution in [0.3, 0.4) is 0 Å². The van der Waals surface area contributed by atoms with E-state index in [4.69, 9.17) is 0 Å². The van der Waals surface area contributed by atoms with Gasteiger partial charge in [-0.25, -0.2) is 4.39 Å². The molecule has 0 amide bonds. The third kappa shape index (κ3) is 2.04. The smallest absolute Gasteiger partial charge is 0.273 e. The van der Waals surface area contributed by atoms with E-state index in [2.05, 4.69) is 0 Å². The maximum absolute atomic E-state index is 13.2. The normalized spacial score (nSPS) is 9.73. The number of hydrogen-bond donors (Lipinski definition) is 0. The fourth-order valence-electron chi connectivity index (χ4n) is 1.18. The Bertz CT molecular complexity index is 456. The molecule has 0 aliphatic carbocycles. The van der Waals surface area contributed by atoms with Gasteiger partial charge in [0.15, 0.2) is 12.1 Å². The Morgan fingerprint density at radius 2 is 2.13 bits per heavy atom. The molecule has 1 aromatic carbocycles. The Balaban J connectivity index is 3.50. The Morgan fingerprint density at radius 1 is 1.53 bits per heavy atom. The molecule has 0 atom stereocenters. The number of nitrogens with zero attached hydrogens (tertiary/aromatic N) is 1. The van der Waals surface area contributed by atoms with E-state index in [1.54, 1.807) is 0 Å². The van der Waals surface area contributed by atoms with Gasteiger partial charge in [0.05, 0.1) is 16.6 Å². The van der Waals surface area contributed by atoms with Gasteiger partial charge in [0.1, 0.15) is 5.82 Å². The van der Waals surface area contributed by atoms with Gasteiger partial charge in [-0.1, -0.05) is 0 Å². The van der Waals surface area contributed by atoms with Crippen LogP contribution in [0.15, 0.2) is 12.1 Å². The van der Waals surface area contributed by atoms with Crippen molar-refractivity contribution < 1.29 is 18.9 Å². The molecule has 0 saturated heterocycles. The zero-order valence-electron chi connectivity index (χ0n) is 7.69. The van der Waals surface area contributed by atoms with E-state index in [1.165, 1.54) is 0 Å². The number of hydrogen-bond acceptors (Lipinski definition) is 4. The maximum Gasteiger partial charge on any atom is 0.273 e. The van der Waals surface area contributed by atoms with Crippen LogP contribution in [0.1, 0.15) is 27.6 Å². The molecule has 0 saturated carbocycles. The first-order valence-corrected chi connectivity index (χ1v) is 3.91. The first-order chi connectivity index (χ1) is 6.97. The van der Waals surface area contributed by atoms with Gasteiger partial charge in [0, 0.05) is 11.6 Å². The van der Waals surface area contributed by atoms with Gasteiger partial charge < -0.3 is 0 Å². The molecule has 0 heterocycles. The van der Waals surface area contributed by atoms with Crippen molar-refractivity contribution in [3.05, 3.63) is 39.2 Å². The van der Waals surface area contributed by atoms with Crippen LogP contribution in [0.5, 0.6) is 0 Å². The molecule has 15 heavy (non-hydrogen) atoms. The quantitative estimate of drug-likeness (QED) is 0.330. The summed E-state index contributed by atoms with van der Waals surface area (Å²) in [5.74, 6) is -1.71. The van der Waals surface area contributed by atoms with Crippen molar-refractivity contribution in [3.63, 3.8) is 0 Å². The Morgan fingerprint density at radius 3 is 2.53 bits per heavy atom. The van der Waals surface area contributed by atoms with E-state index in [-0.39, 0.29) is 11.8 Å². The summed E-state index contributed by atoms with van der Waals surface area (Å²) in [5.41, 5.74) is -1.29. The first kappa shape index (κ1) is 11.0. The molecule has 0 aliphatic rings. The second-order valence-electron chi connectivity index (χ2n) is 2.82. The topological polar surface area (TPSA) is 77.3 Å². The van der Waals surface area contributed by atoms with Crippen molar-refractivity contribution in [1.29, 1.82) is 0 Å². The molecule has 1 rings (SSSR count). The second-order valence-corrected chi connectivity index (χ2v) is 2.82. The highest BCUT2D eigenvalue weighted by Gasteiger charge is 2.18. The van der Waals surface area contributed by atoms with Crippen molar-refractivity contribution in [1.82, 2.24) is 0 Å². The summed E-state index contributed by atoms with van der Waals surface area (Å²) in [5, 5.41) is 10.3. The van der Waals surface area contributed by atoms with E-state index in [0.717, 1.165) is 13.0 Å². The third-order valence-electron chi connectivity index (χ3n) is 1.80. The van der Waals surface area contributed by atoms with Crippen LogP contribution < -0.4 is 0 Å². The minimum absolute atomic E-state index is 0.215. The van der Waals surface area contributed by atoms with Gasteiger partial charge in [-0.15, -0.1) is 0 Å². The van der Waals surface area contributed by atoms with Crippen LogP contribution in [-0.2, 0) is 0 Å². The number of ketones is 1. The fraction of sp³-hybridized carbons (Fsp3) is 0.111. The average Bonchev–Trinajstić information content (AvgIpc) is 2.15. The molecule has 78 valence electrons. The highest BCUT2D eigenvalue weighted by Crippen LogP contribution is 2.20. The van der Waals surface area contributed by atoms with Gasteiger partial charge in [0.2, 0.25) is 0 Å². The van der Waals surface area contributed by atoms with Crippen molar-refractivity contribution in [3.8, 4) is 0 Å². The lowest BCUT2D eigenvalue weighted by Gasteiger charge is -2.01. The van der Waals surface area contributed by atoms with E-state index in [9.17, 15) is 24.1 Å². The van der Waals surface area contributed by atoms with Crippen molar-refractivity contribution in [2.45, 2.75) is 6.92 Å². The van der Waals surface area contributed by atoms with Gasteiger partial charge >= 0.3 is 0 Å². The van der Waals surface area contributed by atoms with Crippen LogP contribution in [0, 0.1) is 15.9 Å². The minimum atomic E-state index is -1.06. The zero-order valence-corrected chi connectivity index (χ0v) is 7.69. The molecule has 0 aliphatic heterocycles. The minimum Gasteiger partial charge on any atom is -0.298 e. The lowest BCUT2D eigenvalue weighted by Crippen LogP contribution is -2.04. The number of nitro groups is 1. The van der Waals surface area contributed by atoms with Gasteiger partial charge in [-0.3, -0.25) is 19.7 Å². The number of carbonyl (C=O) groups is 2. The molecule has 5 nitrogen and oxygen atoms in total. The summed E-state index contributed by atoms with van der Waals surface area (Å²) in [7, 11) is 0. The van der Waals surface area contributed by atoms with Gasteiger partial charge in [-0.05, 0) is 6.92 Å². The zero-order chi connectivity index (χ0) is 11.6. The summed E-state index contributed by atoms with van der Waals surface area (Å²) in [6, 6.07) is 1.48. The van der Waals surface area contributed by atoms with Crippen molar-refractivity contribution in [2.24, 2.45) is 0 Å². The monoisotopic (exact) mass is 211 g/mol. The molecule has 1 aromatic rings. The number of Topliss-reactive ketones (excluding diaryl/α,β-unsaturated/α-hetero) is 1. The van der Waals surface area contributed by atoms with E-state index >= 15 is 0 Å². The summed E-state index contributed by atoms with van der Waals surface area (Å²) < 4.78 is 13.2. The molecular formula is C9H6FNO4. The Hall–Kier alpha value is -2.11. The molecule has 0 N–H and O–H groups in total. The van der Waals surface area contributed by atoms with Gasteiger partial charge in [-0.2, -0.15) is 0 Å². The molecule has 0 unspecified atom stereocenters. The lowest BCUT2D eigenvalue weighted by molar-refractivity contribution is -0.385. The van der Waals surface area contributed by atoms with Gasteiger partial charge in [0.25, 0.3) is 5.69 Å². The lowest BCUT2D eigenvalue weighted by atomic mass is 10.0. The van der Waals surface area contributed by atoms with Crippen LogP contribution in [0.4, 0.5) is 10.1 Å². The summed E-state index contributed by atoms with van der Waals surface area (Å²) in [6.45, 7) is 1.08. The summed E-state index contributed by atoms with van der Waals surface area (Å²) in [6.07, 6.45) is 0.215. The molecule has 6 heteroatoms. The molecule has 0 radical (unpaired) electrons. The average molecular weight is 211 g/mol. The number of non-ortho nitro benzene ring substituents is 1. The molecule has 0 bridgehead atoms. The van der Waals surface area contributed by atoms with Crippen LogP contribution in [0.25, 0.3) is 0 Å². The maximum atomic E-state index is 13.2. The summed E-state index contributed by atoms with van der Waals surface area (Å²) >= 11 is 0. The SMILES string of the molecule is CC(=O)c1c(F)cc([N+](=O)[O-])cc1C=O. The Kier molecular flexibility index (Phi) is 2.89. The van der Waals surface area contributed by atoms with Crippen molar-refractivity contribution in [2.75, 3.05) is 0 Å². The summed E-state index contributed by atoms with van der Waals surface area (Å²) in [4.78, 5) is 31.0. The molecular weight excluding hydrogens is 205 g/mol. The van der Waals surface area contributed by atoms with Crippen LogP contribution in [0.2, 0.25) is 0 Å². The highest BCUT2D eigenvalue weighted by molar-refractivity contribution is 6.02. The second kappa shape index (κ2) is 3.95. The number of aldehydes is 1. The largest absolute Gasteiger partial charge is 0.298 e. The molecule has 0 aromatic heterocycles. The molecule has 0 fully saturated rings. The number of carbonyl (C=O) groups excluding carboxylic acids is 2. The highest BCUT2D eigenvalue weighted by atomic mass is 19.1. The number of nitro benzene ring substituents is 1. The van der Waals surface area contributed by atoms with Crippen LogP contribution in [-0.4, -0.2) is 17.0 Å². The third-order valence-corrected chi connectivity index (χ3v) is 1.80. The van der Waals surface area contributed by atoms with E-state index in [0.29, 0.717) is 6.07 Å². The van der Waals surface area contributed by atoms with E-state index < -0.39 is 27.8 Å². The Labute approximate surface area is 83.7 Å². The van der Waals surface area contributed by atoms with Crippen LogP contribution >= 0.6 is 0 Å². The number of benzene rings is 1. The predicted molar refractivity (Wildman–Crippen MR) is 48.4 cm³/mol. The number of rotatable bonds is 3.